The first-order valence-corrected chi connectivity index (χ1v) is 9.74. The largest absolute Gasteiger partial charge is 0.351 e. The van der Waals surface area contributed by atoms with Gasteiger partial charge in [-0.2, -0.15) is 0 Å². The van der Waals surface area contributed by atoms with Crippen LogP contribution in [0.2, 0.25) is 0 Å². The molecule has 1 aromatic heterocycles. The van der Waals surface area contributed by atoms with E-state index in [1.807, 2.05) is 0 Å². The number of rotatable bonds is 5. The van der Waals surface area contributed by atoms with Gasteiger partial charge in [0.15, 0.2) is 5.78 Å². The number of hydrogen-bond donors (Lipinski definition) is 1. The van der Waals surface area contributed by atoms with E-state index in [1.165, 1.54) is 49.9 Å². The fourth-order valence-electron chi connectivity index (χ4n) is 5.77. The first-order chi connectivity index (χ1) is 11.0. The third kappa shape index (κ3) is 2.98. The van der Waals surface area contributed by atoms with Crippen molar-refractivity contribution in [3.63, 3.8) is 0 Å². The molecule has 4 saturated carbocycles. The van der Waals surface area contributed by atoms with Gasteiger partial charge in [0.25, 0.3) is 5.91 Å². The molecule has 23 heavy (non-hydrogen) atoms. The maximum atomic E-state index is 12.3. The molecule has 5 rings (SSSR count). The van der Waals surface area contributed by atoms with Crippen LogP contribution in [0.15, 0.2) is 12.1 Å². The van der Waals surface area contributed by atoms with E-state index >= 15 is 0 Å². The maximum absolute atomic E-state index is 12.3. The van der Waals surface area contributed by atoms with Gasteiger partial charge < -0.3 is 5.32 Å². The molecule has 4 heteroatoms. The van der Waals surface area contributed by atoms with E-state index in [1.54, 1.807) is 19.1 Å². The Morgan fingerprint density at radius 1 is 1.09 bits per heavy atom. The summed E-state index contributed by atoms with van der Waals surface area (Å²) in [4.78, 5) is 24.9. The van der Waals surface area contributed by atoms with Crippen molar-refractivity contribution in [2.75, 3.05) is 6.54 Å². The molecule has 0 saturated heterocycles. The van der Waals surface area contributed by atoms with Gasteiger partial charge in [0.05, 0.1) is 9.75 Å². The van der Waals surface area contributed by atoms with Crippen LogP contribution in [0.25, 0.3) is 0 Å². The van der Waals surface area contributed by atoms with Gasteiger partial charge in [0, 0.05) is 6.54 Å². The summed E-state index contributed by atoms with van der Waals surface area (Å²) in [6.07, 6.45) is 9.71. The number of Topliss-reactive ketones (excluding diaryl/α,β-unsaturated/α-hetero) is 1. The fourth-order valence-corrected chi connectivity index (χ4v) is 6.59. The molecule has 4 aliphatic carbocycles. The van der Waals surface area contributed by atoms with Crippen LogP contribution in [0.3, 0.4) is 0 Å². The Hall–Kier alpha value is -1.16. The summed E-state index contributed by atoms with van der Waals surface area (Å²) in [7, 11) is 0. The third-order valence-electron chi connectivity index (χ3n) is 6.28. The molecule has 0 atom stereocenters. The minimum atomic E-state index is -0.0211. The van der Waals surface area contributed by atoms with Crippen LogP contribution < -0.4 is 5.32 Å². The predicted molar refractivity (Wildman–Crippen MR) is 91.9 cm³/mol. The zero-order valence-corrected chi connectivity index (χ0v) is 14.6. The van der Waals surface area contributed by atoms with E-state index < -0.39 is 0 Å². The van der Waals surface area contributed by atoms with Crippen LogP contribution in [0.4, 0.5) is 0 Å². The standard InChI is InChI=1S/C19H25NO2S/c1-12(21)16-2-3-17(23-16)18(22)20-5-4-19-9-13-6-14(10-19)8-15(7-13)11-19/h2-3,13-15H,4-11H2,1H3,(H,20,22). The minimum absolute atomic E-state index is 0.0211. The van der Waals surface area contributed by atoms with Crippen molar-refractivity contribution in [2.45, 2.75) is 51.9 Å². The molecule has 4 aliphatic rings. The molecular formula is C19H25NO2S. The molecule has 0 spiro atoms. The molecule has 4 fully saturated rings. The van der Waals surface area contributed by atoms with Gasteiger partial charge in [0.2, 0.25) is 0 Å². The molecule has 4 bridgehead atoms. The summed E-state index contributed by atoms with van der Waals surface area (Å²) in [5, 5.41) is 3.09. The van der Waals surface area contributed by atoms with Crippen molar-refractivity contribution >= 4 is 23.0 Å². The minimum Gasteiger partial charge on any atom is -0.351 e. The number of ketones is 1. The lowest BCUT2D eigenvalue weighted by atomic mass is 9.49. The molecule has 0 unspecified atom stereocenters. The molecule has 0 radical (unpaired) electrons. The normalized spacial score (nSPS) is 34.6. The van der Waals surface area contributed by atoms with Crippen LogP contribution in [-0.4, -0.2) is 18.2 Å². The molecule has 1 aromatic rings. The Balaban J connectivity index is 1.33. The van der Waals surface area contributed by atoms with Crippen LogP contribution in [0, 0.1) is 23.2 Å². The van der Waals surface area contributed by atoms with Gasteiger partial charge in [0.1, 0.15) is 0 Å². The van der Waals surface area contributed by atoms with E-state index in [0.717, 1.165) is 30.7 Å². The Labute approximate surface area is 141 Å². The van der Waals surface area contributed by atoms with Crippen molar-refractivity contribution < 1.29 is 9.59 Å². The second-order valence-corrected chi connectivity index (χ2v) is 9.23. The monoisotopic (exact) mass is 331 g/mol. The van der Waals surface area contributed by atoms with Crippen molar-refractivity contribution in [1.29, 1.82) is 0 Å². The van der Waals surface area contributed by atoms with Gasteiger partial charge >= 0.3 is 0 Å². The first-order valence-electron chi connectivity index (χ1n) is 8.92. The zero-order valence-electron chi connectivity index (χ0n) is 13.8. The Bertz CT molecular complexity index is 598. The van der Waals surface area contributed by atoms with Gasteiger partial charge in [-0.3, -0.25) is 9.59 Å². The Kier molecular flexibility index (Phi) is 3.83. The number of nitrogens with one attached hydrogen (secondary N) is 1. The van der Waals surface area contributed by atoms with E-state index in [4.69, 9.17) is 0 Å². The lowest BCUT2D eigenvalue weighted by molar-refractivity contribution is -0.0564. The summed E-state index contributed by atoms with van der Waals surface area (Å²) >= 11 is 1.30. The molecule has 0 aromatic carbocycles. The third-order valence-corrected chi connectivity index (χ3v) is 7.47. The molecular weight excluding hydrogens is 306 g/mol. The van der Waals surface area contributed by atoms with Crippen molar-refractivity contribution in [3.8, 4) is 0 Å². The van der Waals surface area contributed by atoms with E-state index in [-0.39, 0.29) is 11.7 Å². The molecule has 3 nitrogen and oxygen atoms in total. The molecule has 0 aliphatic heterocycles. The topological polar surface area (TPSA) is 46.2 Å². The van der Waals surface area contributed by atoms with Gasteiger partial charge in [-0.25, -0.2) is 0 Å². The lowest BCUT2D eigenvalue weighted by Crippen LogP contribution is -2.47. The van der Waals surface area contributed by atoms with E-state index in [9.17, 15) is 9.59 Å². The molecule has 124 valence electrons. The highest BCUT2D eigenvalue weighted by Crippen LogP contribution is 2.61. The summed E-state index contributed by atoms with van der Waals surface area (Å²) in [6.45, 7) is 2.32. The molecule has 1 N–H and O–H groups in total. The van der Waals surface area contributed by atoms with Crippen LogP contribution in [-0.2, 0) is 0 Å². The zero-order chi connectivity index (χ0) is 16.0. The van der Waals surface area contributed by atoms with Crippen LogP contribution in [0.5, 0.6) is 0 Å². The van der Waals surface area contributed by atoms with Crippen LogP contribution in [0.1, 0.15) is 71.2 Å². The van der Waals surface area contributed by atoms with Crippen molar-refractivity contribution in [1.82, 2.24) is 5.32 Å². The van der Waals surface area contributed by atoms with Gasteiger partial charge in [-0.15, -0.1) is 11.3 Å². The number of carbonyl (C=O) groups is 2. The second-order valence-electron chi connectivity index (χ2n) is 8.14. The lowest BCUT2D eigenvalue weighted by Gasteiger charge is -2.57. The Morgan fingerprint density at radius 3 is 2.17 bits per heavy atom. The van der Waals surface area contributed by atoms with Gasteiger partial charge in [-0.1, -0.05) is 0 Å². The molecule has 1 amide bonds. The summed E-state index contributed by atoms with van der Waals surface area (Å²) < 4.78 is 0. The quantitative estimate of drug-likeness (QED) is 0.818. The number of thiophene rings is 1. The number of hydrogen-bond acceptors (Lipinski definition) is 3. The number of carbonyl (C=O) groups excluding carboxylic acids is 2. The van der Waals surface area contributed by atoms with E-state index in [2.05, 4.69) is 5.32 Å². The van der Waals surface area contributed by atoms with Crippen molar-refractivity contribution in [3.05, 3.63) is 21.9 Å². The highest BCUT2D eigenvalue weighted by Gasteiger charge is 2.50. The van der Waals surface area contributed by atoms with E-state index in [0.29, 0.717) is 15.2 Å². The fraction of sp³-hybridized carbons (Fsp3) is 0.684. The highest BCUT2D eigenvalue weighted by molar-refractivity contribution is 7.15. The number of amides is 1. The van der Waals surface area contributed by atoms with Crippen LogP contribution >= 0.6 is 11.3 Å². The predicted octanol–water partition coefficient (Wildman–Crippen LogP) is 4.29. The first kappa shape index (κ1) is 15.4. The average molecular weight is 331 g/mol. The summed E-state index contributed by atoms with van der Waals surface area (Å²) in [5.74, 6) is 2.90. The van der Waals surface area contributed by atoms with Gasteiger partial charge in [-0.05, 0) is 87.2 Å². The molecule has 1 heterocycles. The second kappa shape index (κ2) is 5.73. The highest BCUT2D eigenvalue weighted by atomic mass is 32.1. The summed E-state index contributed by atoms with van der Waals surface area (Å²) in [5.41, 5.74) is 0.516. The van der Waals surface area contributed by atoms with Crippen molar-refractivity contribution in [2.24, 2.45) is 23.2 Å². The average Bonchev–Trinajstić information content (AvgIpc) is 2.95. The maximum Gasteiger partial charge on any atom is 0.261 e. The smallest absolute Gasteiger partial charge is 0.261 e. The Morgan fingerprint density at radius 2 is 1.65 bits per heavy atom. The summed E-state index contributed by atoms with van der Waals surface area (Å²) in [6, 6.07) is 3.52. The SMILES string of the molecule is CC(=O)c1ccc(C(=O)NCCC23CC4CC(CC(C4)C2)C3)s1.